The van der Waals surface area contributed by atoms with Crippen LogP contribution in [0.5, 0.6) is 5.75 Å². The molecule has 20 heavy (non-hydrogen) atoms. The molecule has 4 nitrogen and oxygen atoms in total. The van der Waals surface area contributed by atoms with E-state index in [1.165, 1.54) is 11.0 Å². The number of carbonyl (C=O) groups is 1. The van der Waals surface area contributed by atoms with Crippen LogP contribution in [-0.4, -0.2) is 11.0 Å². The average Bonchev–Trinajstić information content (AvgIpc) is 2.71. The van der Waals surface area contributed by atoms with Crippen molar-refractivity contribution in [3.63, 3.8) is 0 Å². The highest BCUT2D eigenvalue weighted by Crippen LogP contribution is 2.40. The van der Waals surface area contributed by atoms with Crippen molar-refractivity contribution in [2.24, 2.45) is 0 Å². The van der Waals surface area contributed by atoms with Crippen LogP contribution in [0.3, 0.4) is 0 Å². The predicted octanol–water partition coefficient (Wildman–Crippen LogP) is 2.93. The zero-order valence-electron chi connectivity index (χ0n) is 10.9. The maximum atomic E-state index is 12.5. The molecule has 0 spiro atoms. The summed E-state index contributed by atoms with van der Waals surface area (Å²) in [4.78, 5) is 13.8. The van der Waals surface area contributed by atoms with Gasteiger partial charge in [0, 0.05) is 11.1 Å². The molecule has 0 radical (unpaired) electrons. The number of phenolic OH excluding ortho intramolecular Hbond substituents is 1. The Morgan fingerprint density at radius 2 is 2.00 bits per heavy atom. The first-order chi connectivity index (χ1) is 9.63. The zero-order chi connectivity index (χ0) is 14.3. The van der Waals surface area contributed by atoms with Gasteiger partial charge in [-0.3, -0.25) is 9.69 Å². The van der Waals surface area contributed by atoms with Crippen LogP contribution in [0.4, 0.5) is 5.69 Å². The lowest BCUT2D eigenvalue weighted by atomic mass is 10.0. The van der Waals surface area contributed by atoms with Gasteiger partial charge in [0.25, 0.3) is 5.91 Å². The number of phenols is 1. The summed E-state index contributed by atoms with van der Waals surface area (Å²) in [5.74, 6) is -0.265. The number of nitriles is 1. The Bertz CT molecular complexity index is 746. The topological polar surface area (TPSA) is 64.3 Å². The first kappa shape index (κ1) is 12.2. The summed E-state index contributed by atoms with van der Waals surface area (Å²) in [6.45, 7) is 1.92. The van der Waals surface area contributed by atoms with Gasteiger partial charge in [0.05, 0.1) is 11.8 Å². The summed E-state index contributed by atoms with van der Waals surface area (Å²) >= 11 is 0. The fourth-order valence-corrected chi connectivity index (χ4v) is 2.53. The normalized spacial score (nSPS) is 16.9. The Balaban J connectivity index is 2.18. The minimum atomic E-state index is -0.703. The van der Waals surface area contributed by atoms with Crippen molar-refractivity contribution in [3.8, 4) is 11.8 Å². The smallest absolute Gasteiger partial charge is 0.260 e. The van der Waals surface area contributed by atoms with Crippen LogP contribution in [-0.2, 0) is 0 Å². The Kier molecular flexibility index (Phi) is 2.69. The lowest BCUT2D eigenvalue weighted by Gasteiger charge is -2.21. The predicted molar refractivity (Wildman–Crippen MR) is 74.4 cm³/mol. The van der Waals surface area contributed by atoms with Crippen molar-refractivity contribution >= 4 is 11.6 Å². The van der Waals surface area contributed by atoms with Gasteiger partial charge in [-0.05, 0) is 25.1 Å². The van der Waals surface area contributed by atoms with Gasteiger partial charge in [0.1, 0.15) is 5.75 Å². The van der Waals surface area contributed by atoms with Gasteiger partial charge < -0.3 is 5.11 Å². The number of benzene rings is 2. The third kappa shape index (κ3) is 1.64. The molecule has 2 aromatic rings. The third-order valence-corrected chi connectivity index (χ3v) is 3.47. The summed E-state index contributed by atoms with van der Waals surface area (Å²) < 4.78 is 0. The average molecular weight is 264 g/mol. The van der Waals surface area contributed by atoms with E-state index in [2.05, 4.69) is 6.07 Å². The van der Waals surface area contributed by atoms with Gasteiger partial charge in [-0.15, -0.1) is 0 Å². The molecular formula is C16H12N2O2. The Labute approximate surface area is 116 Å². The molecular weight excluding hydrogens is 252 g/mol. The molecule has 1 heterocycles. The quantitative estimate of drug-likeness (QED) is 0.861. The molecule has 1 atom stereocenters. The Hall–Kier alpha value is -2.80. The minimum Gasteiger partial charge on any atom is -0.506 e. The molecule has 0 aliphatic carbocycles. The van der Waals surface area contributed by atoms with Crippen LogP contribution < -0.4 is 4.90 Å². The molecule has 0 saturated carbocycles. The van der Waals surface area contributed by atoms with Crippen molar-refractivity contribution in [3.05, 3.63) is 59.2 Å². The number of anilines is 1. The van der Waals surface area contributed by atoms with Crippen molar-refractivity contribution in [1.82, 2.24) is 0 Å². The van der Waals surface area contributed by atoms with E-state index >= 15 is 0 Å². The lowest BCUT2D eigenvalue weighted by Crippen LogP contribution is -2.26. The van der Waals surface area contributed by atoms with E-state index in [0.29, 0.717) is 16.8 Å². The number of hydrogen-bond donors (Lipinski definition) is 1. The van der Waals surface area contributed by atoms with Gasteiger partial charge in [-0.2, -0.15) is 5.26 Å². The molecule has 0 fully saturated rings. The number of fused-ring (bicyclic) bond motifs is 1. The van der Waals surface area contributed by atoms with Gasteiger partial charge in [-0.25, -0.2) is 0 Å². The molecule has 0 bridgehead atoms. The number of aryl methyl sites for hydroxylation is 1. The minimum absolute atomic E-state index is 0.00868. The van der Waals surface area contributed by atoms with Crippen molar-refractivity contribution in [2.75, 3.05) is 4.90 Å². The largest absolute Gasteiger partial charge is 0.506 e. The monoisotopic (exact) mass is 264 g/mol. The van der Waals surface area contributed by atoms with Crippen LogP contribution in [0.2, 0.25) is 0 Å². The van der Waals surface area contributed by atoms with E-state index in [1.54, 1.807) is 24.3 Å². The second-order valence-corrected chi connectivity index (χ2v) is 4.79. The van der Waals surface area contributed by atoms with E-state index < -0.39 is 6.04 Å². The summed E-state index contributed by atoms with van der Waals surface area (Å²) in [5, 5.41) is 19.4. The van der Waals surface area contributed by atoms with Crippen LogP contribution >= 0.6 is 0 Å². The zero-order valence-corrected chi connectivity index (χ0v) is 10.9. The molecule has 98 valence electrons. The van der Waals surface area contributed by atoms with Gasteiger partial charge in [0.15, 0.2) is 6.04 Å². The summed E-state index contributed by atoms with van der Waals surface area (Å²) in [5.41, 5.74) is 2.57. The molecule has 1 N–H and O–H groups in total. The molecule has 0 saturated heterocycles. The fraction of sp³-hybridized carbons (Fsp3) is 0.125. The first-order valence-electron chi connectivity index (χ1n) is 6.25. The lowest BCUT2D eigenvalue weighted by molar-refractivity contribution is 0.0993. The van der Waals surface area contributed by atoms with Crippen molar-refractivity contribution in [1.29, 1.82) is 5.26 Å². The van der Waals surface area contributed by atoms with Crippen LogP contribution in [0.15, 0.2) is 42.5 Å². The highest BCUT2D eigenvalue weighted by Gasteiger charge is 2.38. The first-order valence-corrected chi connectivity index (χ1v) is 6.25. The number of amides is 1. The van der Waals surface area contributed by atoms with Crippen LogP contribution in [0, 0.1) is 18.3 Å². The summed E-state index contributed by atoms with van der Waals surface area (Å²) in [6, 6.07) is 13.4. The van der Waals surface area contributed by atoms with E-state index in [1.807, 2.05) is 19.1 Å². The second kappa shape index (κ2) is 4.39. The highest BCUT2D eigenvalue weighted by molar-refractivity contribution is 6.12. The Morgan fingerprint density at radius 3 is 2.70 bits per heavy atom. The van der Waals surface area contributed by atoms with E-state index in [4.69, 9.17) is 0 Å². The fourth-order valence-electron chi connectivity index (χ4n) is 2.53. The molecule has 0 aromatic heterocycles. The number of rotatable bonds is 1. The van der Waals surface area contributed by atoms with Crippen LogP contribution in [0.1, 0.15) is 27.5 Å². The summed E-state index contributed by atoms with van der Waals surface area (Å²) in [6.07, 6.45) is 0. The molecule has 1 unspecified atom stereocenters. The molecule has 1 aliphatic rings. The Morgan fingerprint density at radius 1 is 1.25 bits per heavy atom. The molecule has 4 heteroatoms. The van der Waals surface area contributed by atoms with E-state index in [9.17, 15) is 15.2 Å². The second-order valence-electron chi connectivity index (χ2n) is 4.79. The number of carbonyl (C=O) groups excluding carboxylic acids is 1. The van der Waals surface area contributed by atoms with E-state index in [-0.39, 0.29) is 11.7 Å². The van der Waals surface area contributed by atoms with Gasteiger partial charge in [0.2, 0.25) is 0 Å². The number of para-hydroxylation sites is 2. The highest BCUT2D eigenvalue weighted by atomic mass is 16.3. The molecule has 1 aliphatic heterocycles. The van der Waals surface area contributed by atoms with Crippen molar-refractivity contribution < 1.29 is 9.90 Å². The van der Waals surface area contributed by atoms with Crippen LogP contribution in [0.25, 0.3) is 0 Å². The van der Waals surface area contributed by atoms with Gasteiger partial charge in [-0.1, -0.05) is 29.8 Å². The number of aromatic hydroxyl groups is 1. The summed E-state index contributed by atoms with van der Waals surface area (Å²) in [7, 11) is 0. The van der Waals surface area contributed by atoms with Gasteiger partial charge >= 0.3 is 0 Å². The van der Waals surface area contributed by atoms with E-state index in [0.717, 1.165) is 5.56 Å². The standard InChI is InChI=1S/C16H12N2O2/c1-10-6-7-11-12(8-10)14(9-17)18(16(11)20)13-4-2-3-5-15(13)19/h2-8,14,19H,1H3. The molecule has 3 rings (SSSR count). The number of nitrogens with zero attached hydrogens (tertiary/aromatic N) is 2. The number of hydrogen-bond acceptors (Lipinski definition) is 3. The molecule has 2 aromatic carbocycles. The maximum absolute atomic E-state index is 12.5. The van der Waals surface area contributed by atoms with Crippen molar-refractivity contribution in [2.45, 2.75) is 13.0 Å². The third-order valence-electron chi connectivity index (χ3n) is 3.47. The SMILES string of the molecule is Cc1ccc2c(c1)C(C#N)N(c1ccccc1O)C2=O. The molecule has 1 amide bonds. The maximum Gasteiger partial charge on any atom is 0.260 e.